The number of thiophene rings is 1. The number of amides is 1. The summed E-state index contributed by atoms with van der Waals surface area (Å²) in [6, 6.07) is 0. The van der Waals surface area contributed by atoms with Gasteiger partial charge in [0.25, 0.3) is 5.91 Å². The van der Waals surface area contributed by atoms with Crippen molar-refractivity contribution < 1.29 is 4.79 Å². The molecule has 1 fully saturated rings. The number of alkyl halides is 1. The van der Waals surface area contributed by atoms with Crippen molar-refractivity contribution in [1.29, 1.82) is 0 Å². The van der Waals surface area contributed by atoms with Gasteiger partial charge < -0.3 is 5.32 Å². The van der Waals surface area contributed by atoms with Crippen molar-refractivity contribution in [3.05, 3.63) is 21.9 Å². The Labute approximate surface area is 111 Å². The van der Waals surface area contributed by atoms with Crippen LogP contribution in [0.1, 0.15) is 41.6 Å². The molecule has 0 aromatic carbocycles. The van der Waals surface area contributed by atoms with Crippen LogP contribution < -0.4 is 5.32 Å². The van der Waals surface area contributed by atoms with Gasteiger partial charge in [-0.25, -0.2) is 0 Å². The van der Waals surface area contributed by atoms with Gasteiger partial charge in [0.05, 0.1) is 5.56 Å². The molecule has 0 radical (unpaired) electrons. The number of halogens is 1. The highest BCUT2D eigenvalue weighted by Gasteiger charge is 2.21. The van der Waals surface area contributed by atoms with Gasteiger partial charge in [-0.2, -0.15) is 11.3 Å². The maximum Gasteiger partial charge on any atom is 0.252 e. The first-order chi connectivity index (χ1) is 8.16. The fraction of sp³-hybridized carbons (Fsp3) is 0.615. The lowest BCUT2D eigenvalue weighted by atomic mass is 9.89. The molecule has 2 nitrogen and oxygen atoms in total. The van der Waals surface area contributed by atoms with E-state index in [4.69, 9.17) is 11.6 Å². The van der Waals surface area contributed by atoms with Gasteiger partial charge in [0.2, 0.25) is 0 Å². The highest BCUT2D eigenvalue weighted by molar-refractivity contribution is 7.08. The molecular weight excluding hydrogens is 254 g/mol. The number of carbonyl (C=O) groups is 1. The molecule has 1 amide bonds. The molecule has 94 valence electrons. The average molecular weight is 272 g/mol. The Hall–Kier alpha value is -0.540. The lowest BCUT2D eigenvalue weighted by Gasteiger charge is -2.25. The standard InChI is InChI=1S/C13H18ClNOS/c1-9-7-17-8-12(9)13(16)15-6-10-3-2-4-11(14)5-10/h7-8,10-11H,2-6H2,1H3,(H,15,16). The number of nitrogens with one attached hydrogen (secondary N) is 1. The highest BCUT2D eigenvalue weighted by atomic mass is 35.5. The van der Waals surface area contributed by atoms with Gasteiger partial charge in [-0.15, -0.1) is 11.6 Å². The van der Waals surface area contributed by atoms with E-state index in [1.807, 2.05) is 17.7 Å². The Morgan fingerprint density at radius 2 is 2.35 bits per heavy atom. The van der Waals surface area contributed by atoms with Crippen LogP contribution in [0.15, 0.2) is 10.8 Å². The SMILES string of the molecule is Cc1cscc1C(=O)NCC1CCCC(Cl)C1. The van der Waals surface area contributed by atoms with Gasteiger partial charge in [-0.05, 0) is 43.0 Å². The van der Waals surface area contributed by atoms with Gasteiger partial charge in [-0.1, -0.05) is 6.42 Å². The zero-order valence-electron chi connectivity index (χ0n) is 10.0. The summed E-state index contributed by atoms with van der Waals surface area (Å²) >= 11 is 7.71. The van der Waals surface area contributed by atoms with Crippen LogP contribution in [0.4, 0.5) is 0 Å². The second-order valence-electron chi connectivity index (χ2n) is 4.81. The molecule has 1 heterocycles. The maximum absolute atomic E-state index is 11.9. The quantitative estimate of drug-likeness (QED) is 0.837. The Kier molecular flexibility index (Phi) is 4.46. The molecule has 0 spiro atoms. The van der Waals surface area contributed by atoms with Gasteiger partial charge in [0, 0.05) is 17.3 Å². The van der Waals surface area contributed by atoms with Crippen LogP contribution in [-0.2, 0) is 0 Å². The molecule has 4 heteroatoms. The van der Waals surface area contributed by atoms with E-state index in [0.717, 1.165) is 30.5 Å². The van der Waals surface area contributed by atoms with Crippen molar-refractivity contribution in [3.63, 3.8) is 0 Å². The van der Waals surface area contributed by atoms with Crippen molar-refractivity contribution in [2.24, 2.45) is 5.92 Å². The van der Waals surface area contributed by atoms with Gasteiger partial charge in [-0.3, -0.25) is 4.79 Å². The normalized spacial score (nSPS) is 24.6. The fourth-order valence-corrected chi connectivity index (χ4v) is 3.57. The molecule has 1 aromatic rings. The molecule has 17 heavy (non-hydrogen) atoms. The topological polar surface area (TPSA) is 29.1 Å². The molecule has 2 rings (SSSR count). The van der Waals surface area contributed by atoms with E-state index in [2.05, 4.69) is 5.32 Å². The van der Waals surface area contributed by atoms with Crippen LogP contribution in [0.2, 0.25) is 0 Å². The minimum atomic E-state index is 0.0560. The summed E-state index contributed by atoms with van der Waals surface area (Å²) in [6.07, 6.45) is 4.53. The Bertz CT molecular complexity index is 391. The summed E-state index contributed by atoms with van der Waals surface area (Å²) in [4.78, 5) is 11.9. The second-order valence-corrected chi connectivity index (χ2v) is 6.17. The van der Waals surface area contributed by atoms with Crippen molar-refractivity contribution >= 4 is 28.8 Å². The summed E-state index contributed by atoms with van der Waals surface area (Å²) in [6.45, 7) is 2.73. The number of hydrogen-bond donors (Lipinski definition) is 1. The van der Waals surface area contributed by atoms with Crippen LogP contribution in [0, 0.1) is 12.8 Å². The monoisotopic (exact) mass is 271 g/mol. The Balaban J connectivity index is 1.82. The first-order valence-corrected chi connectivity index (χ1v) is 7.50. The lowest BCUT2D eigenvalue weighted by molar-refractivity contribution is 0.0943. The van der Waals surface area contributed by atoms with Crippen LogP contribution in [0.25, 0.3) is 0 Å². The molecule has 1 N–H and O–H groups in total. The van der Waals surface area contributed by atoms with E-state index in [9.17, 15) is 4.79 Å². The first kappa shape index (κ1) is 12.9. The van der Waals surface area contributed by atoms with Crippen LogP contribution in [0.5, 0.6) is 0 Å². The minimum Gasteiger partial charge on any atom is -0.352 e. The predicted octanol–water partition coefficient (Wildman–Crippen LogP) is 3.58. The molecule has 0 saturated heterocycles. The molecule has 1 aromatic heterocycles. The average Bonchev–Trinajstić information content (AvgIpc) is 2.72. The predicted molar refractivity (Wildman–Crippen MR) is 73.0 cm³/mol. The zero-order chi connectivity index (χ0) is 12.3. The molecule has 0 aliphatic heterocycles. The Morgan fingerprint density at radius 3 is 3.00 bits per heavy atom. The summed E-state index contributed by atoms with van der Waals surface area (Å²) in [5, 5.41) is 7.24. The van der Waals surface area contributed by atoms with E-state index in [-0.39, 0.29) is 5.91 Å². The molecule has 1 aliphatic carbocycles. The van der Waals surface area contributed by atoms with Crippen molar-refractivity contribution in [3.8, 4) is 0 Å². The van der Waals surface area contributed by atoms with Gasteiger partial charge in [0.15, 0.2) is 0 Å². The third kappa shape index (κ3) is 3.46. The van der Waals surface area contributed by atoms with Crippen LogP contribution in [0.3, 0.4) is 0 Å². The summed E-state index contributed by atoms with van der Waals surface area (Å²) in [7, 11) is 0. The summed E-state index contributed by atoms with van der Waals surface area (Å²) < 4.78 is 0. The van der Waals surface area contributed by atoms with Crippen molar-refractivity contribution in [2.75, 3.05) is 6.54 Å². The molecular formula is C13H18ClNOS. The number of aryl methyl sites for hydroxylation is 1. The Morgan fingerprint density at radius 1 is 1.53 bits per heavy atom. The molecule has 2 atom stereocenters. The molecule has 0 bridgehead atoms. The van der Waals surface area contributed by atoms with Crippen molar-refractivity contribution in [1.82, 2.24) is 5.32 Å². The molecule has 1 saturated carbocycles. The van der Waals surface area contributed by atoms with E-state index in [0.29, 0.717) is 11.3 Å². The smallest absolute Gasteiger partial charge is 0.252 e. The van der Waals surface area contributed by atoms with Crippen LogP contribution >= 0.6 is 22.9 Å². The van der Waals surface area contributed by atoms with Gasteiger partial charge >= 0.3 is 0 Å². The van der Waals surface area contributed by atoms with E-state index in [1.165, 1.54) is 12.8 Å². The lowest BCUT2D eigenvalue weighted by Crippen LogP contribution is -2.32. The molecule has 1 aliphatic rings. The first-order valence-electron chi connectivity index (χ1n) is 6.12. The third-order valence-electron chi connectivity index (χ3n) is 3.37. The summed E-state index contributed by atoms with van der Waals surface area (Å²) in [5.41, 5.74) is 1.87. The highest BCUT2D eigenvalue weighted by Crippen LogP contribution is 2.27. The van der Waals surface area contributed by atoms with Gasteiger partial charge in [0.1, 0.15) is 0 Å². The molecule has 2 unspecified atom stereocenters. The number of rotatable bonds is 3. The van der Waals surface area contributed by atoms with Crippen LogP contribution in [-0.4, -0.2) is 17.8 Å². The van der Waals surface area contributed by atoms with E-state index >= 15 is 0 Å². The summed E-state index contributed by atoms with van der Waals surface area (Å²) in [5.74, 6) is 0.606. The largest absolute Gasteiger partial charge is 0.352 e. The van der Waals surface area contributed by atoms with E-state index < -0.39 is 0 Å². The number of carbonyl (C=O) groups excluding carboxylic acids is 1. The van der Waals surface area contributed by atoms with E-state index in [1.54, 1.807) is 11.3 Å². The minimum absolute atomic E-state index is 0.0560. The number of hydrogen-bond acceptors (Lipinski definition) is 2. The fourth-order valence-electron chi connectivity index (χ4n) is 2.34. The van der Waals surface area contributed by atoms with Crippen molar-refractivity contribution in [2.45, 2.75) is 38.0 Å². The zero-order valence-corrected chi connectivity index (χ0v) is 11.6. The maximum atomic E-state index is 11.9. The second kappa shape index (κ2) is 5.87. The third-order valence-corrected chi connectivity index (χ3v) is 4.63.